The summed E-state index contributed by atoms with van der Waals surface area (Å²) in [6, 6.07) is 19.8. The van der Waals surface area contributed by atoms with E-state index < -0.39 is 37.0 Å². The summed E-state index contributed by atoms with van der Waals surface area (Å²) in [5.74, 6) is -0.419. The van der Waals surface area contributed by atoms with Gasteiger partial charge in [0, 0.05) is 42.5 Å². The second kappa shape index (κ2) is 26.2. The molecule has 2 amide bonds. The number of nitrogens with two attached hydrogens (primary N) is 1. The number of carbonyl (C=O) groups is 3. The zero-order chi connectivity index (χ0) is 52.8. The molecule has 1 atom stereocenters. The number of benzene rings is 4. The third-order valence-corrected chi connectivity index (χ3v) is 14.2. The average molecular weight is 1110 g/mol. The number of nitrogens with one attached hydrogen (secondary N) is 3. The molecule has 6 N–H and O–H groups in total. The predicted octanol–water partition coefficient (Wildman–Crippen LogP) is 8.41. The van der Waals surface area contributed by atoms with Crippen LogP contribution in [0.25, 0.3) is 22.5 Å². The molecular weight excluding hydrogens is 1060 g/mol. The molecule has 20 nitrogen and oxygen atoms in total. The van der Waals surface area contributed by atoms with Gasteiger partial charge in [0.25, 0.3) is 0 Å². The van der Waals surface area contributed by atoms with Crippen molar-refractivity contribution in [2.45, 2.75) is 75.8 Å². The Morgan fingerprint density at radius 3 is 2.18 bits per heavy atom. The number of unbranched alkanes of at least 4 members (excludes halogenated alkanes) is 1. The summed E-state index contributed by atoms with van der Waals surface area (Å²) in [4.78, 5) is 43.6. The normalized spacial score (nSPS) is 13.0. The summed E-state index contributed by atoms with van der Waals surface area (Å²) >= 11 is 23.7. The lowest BCUT2D eigenvalue weighted by molar-refractivity contribution is -0.153. The number of carbonyl (C=O) groups excluding carboxylic acids is 2. The number of aliphatic carboxylic acids is 1. The third kappa shape index (κ3) is 15.3. The van der Waals surface area contributed by atoms with Gasteiger partial charge >= 0.3 is 12.0 Å². The van der Waals surface area contributed by atoms with Crippen molar-refractivity contribution in [3.05, 3.63) is 117 Å². The Bertz CT molecular complexity index is 3000. The zero-order valence-corrected chi connectivity index (χ0v) is 44.1. The van der Waals surface area contributed by atoms with Gasteiger partial charge in [-0.25, -0.2) is 36.5 Å². The quantitative estimate of drug-likeness (QED) is 0.0574. The molecule has 4 aromatic carbocycles. The van der Waals surface area contributed by atoms with Gasteiger partial charge in [-0.2, -0.15) is 9.94 Å². The smallest absolute Gasteiger partial charge is 0.329 e. The number of fused-ring (bicyclic) bond motifs is 1. The topological polar surface area (TPSA) is 278 Å². The molecule has 0 unspecified atom stereocenters. The number of carboxylic acid groups (broad SMARTS) is 1. The van der Waals surface area contributed by atoms with Crippen molar-refractivity contribution in [3.8, 4) is 28.3 Å². The molecule has 1 aliphatic rings. The highest BCUT2D eigenvalue weighted by molar-refractivity contribution is 7.90. The Balaban J connectivity index is 0.000000211. The monoisotopic (exact) mass is 1110 g/mol. The van der Waals surface area contributed by atoms with Crippen LogP contribution in [0.2, 0.25) is 20.1 Å². The summed E-state index contributed by atoms with van der Waals surface area (Å²) in [5, 5.41) is 32.7. The summed E-state index contributed by atoms with van der Waals surface area (Å²) in [6.07, 6.45) is 7.45. The first-order chi connectivity index (χ1) is 34.2. The van der Waals surface area contributed by atoms with E-state index in [1.807, 2.05) is 76.2 Å². The number of halogens is 4. The SMILES string of the molecule is CCCCC(=O)N(Cc1ccc(-c2ccccc2-c2nn[nH]n2)cc1)[C@H](C(=O)O)C(C)C.CCCN(CCOc1c(Cl)cc(Cl)cc1Cl)C(=O)n1ccnc1.NS(=O)(=O)c1cc2c(cc1Cl)NCNS2(=O)=O. The van der Waals surface area contributed by atoms with Crippen LogP contribution >= 0.6 is 46.4 Å². The standard InChI is InChI=1S/C24H29N5O3.C15H16Cl3N3O2.C7H8ClN3O4S2/c1-4-5-10-21(30)29(22(16(2)3)24(31)32)15-17-11-13-18(14-12-17)19-8-6-7-9-20(19)23-25-27-28-26-23;1-2-4-20(15(22)21-5-3-19-10-21)6-7-23-14-12(17)8-11(16)9-13(14)18;8-4-1-5-7(2-6(4)16(9,12)13)17(14,15)11-3-10-5/h6-9,11-14,16,22H,4-5,10,15H2,1-3H3,(H,31,32)(H,25,26,27,28);3,5,8-10H,2,4,6-7H2,1H3;1-2,10-11H,3H2,(H2,9,12,13)/t22-;;/m0../s1. The number of rotatable bonds is 17. The number of sulfonamides is 2. The number of imidazole rings is 1. The fraction of sp³-hybridized carbons (Fsp3) is 0.326. The van der Waals surface area contributed by atoms with Crippen molar-refractivity contribution in [3.63, 3.8) is 0 Å². The number of carboxylic acids is 1. The van der Waals surface area contributed by atoms with E-state index >= 15 is 0 Å². The second-order valence-corrected chi connectivity index (χ2v) is 21.2. The number of H-pyrrole nitrogens is 1. The van der Waals surface area contributed by atoms with Crippen LogP contribution in [0.3, 0.4) is 0 Å². The fourth-order valence-electron chi connectivity index (χ4n) is 7.23. The second-order valence-electron chi connectivity index (χ2n) is 16.2. The zero-order valence-electron chi connectivity index (χ0n) is 39.4. The molecule has 386 valence electrons. The Morgan fingerprint density at radius 1 is 0.931 bits per heavy atom. The van der Waals surface area contributed by atoms with Crippen molar-refractivity contribution >= 4 is 90.0 Å². The van der Waals surface area contributed by atoms with Crippen LogP contribution in [0, 0.1) is 5.92 Å². The number of primary sulfonamides is 1. The lowest BCUT2D eigenvalue weighted by Gasteiger charge is -2.32. The minimum atomic E-state index is -4.07. The molecular formula is C46H53Cl4N11O9S2. The number of hydrogen-bond donors (Lipinski definition) is 5. The first kappa shape index (κ1) is 57.1. The van der Waals surface area contributed by atoms with E-state index in [0.29, 0.717) is 46.2 Å². The summed E-state index contributed by atoms with van der Waals surface area (Å²) < 4.78 is 54.9. The molecule has 0 radical (unpaired) electrons. The van der Waals surface area contributed by atoms with Crippen LogP contribution < -0.4 is 19.9 Å². The Hall–Kier alpha value is -5.85. The van der Waals surface area contributed by atoms with Crippen LogP contribution in [0.5, 0.6) is 5.75 Å². The van der Waals surface area contributed by atoms with Gasteiger partial charge in [-0.15, -0.1) is 10.2 Å². The Kier molecular flexibility index (Phi) is 20.8. The van der Waals surface area contributed by atoms with E-state index in [4.69, 9.17) is 56.3 Å². The molecule has 0 aliphatic carbocycles. The van der Waals surface area contributed by atoms with Crippen molar-refractivity contribution < 1.29 is 41.1 Å². The molecule has 2 aromatic heterocycles. The molecule has 0 spiro atoms. The van der Waals surface area contributed by atoms with Gasteiger partial charge in [0.1, 0.15) is 28.8 Å². The highest BCUT2D eigenvalue weighted by Gasteiger charge is 2.32. The van der Waals surface area contributed by atoms with E-state index in [2.05, 4.69) is 35.6 Å². The minimum absolute atomic E-state index is 0.0143. The van der Waals surface area contributed by atoms with Crippen LogP contribution in [-0.4, -0.2) is 112 Å². The Labute approximate surface area is 437 Å². The summed E-state index contributed by atoms with van der Waals surface area (Å²) in [6.45, 7) is 9.23. The van der Waals surface area contributed by atoms with Gasteiger partial charge in [-0.05, 0) is 64.9 Å². The molecule has 1 aliphatic heterocycles. The number of aromatic nitrogens is 6. The third-order valence-electron chi connectivity index (χ3n) is 10.6. The number of tetrazole rings is 1. The van der Waals surface area contributed by atoms with Gasteiger partial charge < -0.3 is 25.0 Å². The largest absolute Gasteiger partial charge is 0.489 e. The van der Waals surface area contributed by atoms with E-state index in [0.717, 1.165) is 47.6 Å². The van der Waals surface area contributed by atoms with E-state index in [-0.39, 0.29) is 53.3 Å². The molecule has 26 heteroatoms. The molecule has 0 bridgehead atoms. The van der Waals surface area contributed by atoms with Crippen molar-refractivity contribution in [2.75, 3.05) is 31.7 Å². The van der Waals surface area contributed by atoms with Gasteiger partial charge in [0.2, 0.25) is 31.8 Å². The minimum Gasteiger partial charge on any atom is -0.489 e. The predicted molar refractivity (Wildman–Crippen MR) is 275 cm³/mol. The molecule has 0 fully saturated rings. The first-order valence-electron chi connectivity index (χ1n) is 22.3. The van der Waals surface area contributed by atoms with Crippen LogP contribution in [0.15, 0.2) is 101 Å². The first-order valence-corrected chi connectivity index (χ1v) is 26.8. The maximum absolute atomic E-state index is 12.9. The number of ether oxygens (including phenoxy) is 1. The molecule has 72 heavy (non-hydrogen) atoms. The van der Waals surface area contributed by atoms with E-state index in [9.17, 15) is 36.3 Å². The van der Waals surface area contributed by atoms with Crippen molar-refractivity contribution in [1.82, 2.24) is 44.7 Å². The lowest BCUT2D eigenvalue weighted by atomic mass is 9.97. The fourth-order valence-corrected chi connectivity index (χ4v) is 10.4. The van der Waals surface area contributed by atoms with Crippen LogP contribution in [0.4, 0.5) is 10.5 Å². The van der Waals surface area contributed by atoms with E-state index in [1.165, 1.54) is 21.9 Å². The molecule has 0 saturated carbocycles. The summed E-state index contributed by atoms with van der Waals surface area (Å²) in [7, 11) is -7.80. The number of nitrogens with zero attached hydrogens (tertiary/aromatic N) is 7. The molecule has 0 saturated heterocycles. The van der Waals surface area contributed by atoms with Gasteiger partial charge in [0.15, 0.2) is 5.75 Å². The highest BCUT2D eigenvalue weighted by atomic mass is 35.5. The maximum Gasteiger partial charge on any atom is 0.329 e. The van der Waals surface area contributed by atoms with Crippen LogP contribution in [0.1, 0.15) is 58.9 Å². The molecule has 3 heterocycles. The number of amides is 2. The Morgan fingerprint density at radius 2 is 1.61 bits per heavy atom. The lowest BCUT2D eigenvalue weighted by Crippen LogP contribution is -2.47. The maximum atomic E-state index is 12.9. The number of hydrogen-bond acceptors (Lipinski definition) is 13. The molecule has 6 aromatic rings. The van der Waals surface area contributed by atoms with Gasteiger partial charge in [0.05, 0.1) is 34.0 Å². The highest BCUT2D eigenvalue weighted by Crippen LogP contribution is 2.36. The number of aromatic amines is 1. The summed E-state index contributed by atoms with van der Waals surface area (Å²) in [5.41, 5.74) is 3.90. The van der Waals surface area contributed by atoms with Gasteiger partial charge in [-0.1, -0.05) is 129 Å². The van der Waals surface area contributed by atoms with Crippen LogP contribution in [-0.2, 0) is 36.2 Å². The van der Waals surface area contributed by atoms with Gasteiger partial charge in [-0.3, -0.25) is 9.36 Å². The molecule has 7 rings (SSSR count). The average Bonchev–Trinajstić information content (AvgIpc) is 4.07. The van der Waals surface area contributed by atoms with Crippen molar-refractivity contribution in [2.24, 2.45) is 11.1 Å². The van der Waals surface area contributed by atoms with Crippen molar-refractivity contribution in [1.29, 1.82) is 0 Å². The van der Waals surface area contributed by atoms with E-state index in [1.54, 1.807) is 29.4 Å². The number of anilines is 1.